The summed E-state index contributed by atoms with van der Waals surface area (Å²) in [6, 6.07) is 0. The molecule has 6 nitrogen and oxygen atoms in total. The van der Waals surface area contributed by atoms with Crippen LogP contribution in [0.3, 0.4) is 0 Å². The number of hydrogen-bond acceptors (Lipinski definition) is 3. The number of hydrogen-bond donors (Lipinski definition) is 2. The second kappa shape index (κ2) is 9.99. The number of guanidine groups is 1. The predicted octanol–water partition coefficient (Wildman–Crippen LogP) is 1.27. The highest BCUT2D eigenvalue weighted by Gasteiger charge is 2.09. The molecule has 1 aromatic rings. The third-order valence-electron chi connectivity index (χ3n) is 3.64. The van der Waals surface area contributed by atoms with Gasteiger partial charge in [0, 0.05) is 45.0 Å². The molecule has 1 rings (SSSR count). The van der Waals surface area contributed by atoms with Crippen LogP contribution < -0.4 is 10.6 Å². The second-order valence-electron chi connectivity index (χ2n) is 5.02. The van der Waals surface area contributed by atoms with Gasteiger partial charge < -0.3 is 15.5 Å². The number of rotatable bonds is 6. The molecule has 1 heterocycles. The highest BCUT2D eigenvalue weighted by atomic mass is 127. The lowest BCUT2D eigenvalue weighted by Gasteiger charge is -2.16. The van der Waals surface area contributed by atoms with Gasteiger partial charge >= 0.3 is 0 Å². The summed E-state index contributed by atoms with van der Waals surface area (Å²) in [5.41, 5.74) is 3.50. The molecule has 0 saturated carbocycles. The number of likely N-dealkylation sites (N-methyl/N-ethyl adjacent to an activating group) is 1. The largest absolute Gasteiger partial charge is 0.355 e. The van der Waals surface area contributed by atoms with E-state index in [0.717, 1.165) is 37.8 Å². The maximum atomic E-state index is 4.42. The average molecular weight is 408 g/mol. The van der Waals surface area contributed by atoms with Crippen LogP contribution in [-0.4, -0.2) is 54.4 Å². The fourth-order valence-electron chi connectivity index (χ4n) is 1.99. The number of nitrogens with zero attached hydrogens (tertiary/aromatic N) is 4. The van der Waals surface area contributed by atoms with Crippen LogP contribution in [0.5, 0.6) is 0 Å². The first-order chi connectivity index (χ1) is 9.49. The Morgan fingerprint density at radius 2 is 2.00 bits per heavy atom. The van der Waals surface area contributed by atoms with Crippen molar-refractivity contribution >= 4 is 29.9 Å². The first-order valence-electron chi connectivity index (χ1n) is 7.11. The van der Waals surface area contributed by atoms with Gasteiger partial charge in [0.25, 0.3) is 0 Å². The van der Waals surface area contributed by atoms with Crippen molar-refractivity contribution in [2.75, 3.05) is 33.7 Å². The predicted molar refractivity (Wildman–Crippen MR) is 99.5 cm³/mol. The quantitative estimate of drug-likeness (QED) is 0.423. The zero-order chi connectivity index (χ0) is 15.1. The molecule has 0 bridgehead atoms. The molecule has 2 N–H and O–H groups in total. The molecule has 0 atom stereocenters. The van der Waals surface area contributed by atoms with E-state index in [2.05, 4.69) is 46.5 Å². The van der Waals surface area contributed by atoms with Crippen LogP contribution in [0.1, 0.15) is 23.9 Å². The van der Waals surface area contributed by atoms with E-state index in [-0.39, 0.29) is 24.0 Å². The molecule has 7 heteroatoms. The van der Waals surface area contributed by atoms with Crippen molar-refractivity contribution in [2.24, 2.45) is 12.0 Å². The maximum absolute atomic E-state index is 4.42. The van der Waals surface area contributed by atoms with Gasteiger partial charge in [0.05, 0.1) is 5.69 Å². The zero-order valence-electron chi connectivity index (χ0n) is 14.0. The van der Waals surface area contributed by atoms with Gasteiger partial charge in [-0.2, -0.15) is 5.10 Å². The summed E-state index contributed by atoms with van der Waals surface area (Å²) in [5.74, 6) is 0.831. The van der Waals surface area contributed by atoms with E-state index in [1.54, 1.807) is 7.05 Å². The molecule has 0 aliphatic rings. The third kappa shape index (κ3) is 6.21. The minimum absolute atomic E-state index is 0. The molecular formula is C14H29IN6. The van der Waals surface area contributed by atoms with E-state index in [4.69, 9.17) is 0 Å². The van der Waals surface area contributed by atoms with E-state index in [1.807, 2.05) is 18.7 Å². The minimum atomic E-state index is 0. The molecule has 0 aliphatic heterocycles. The SMILES string of the molecule is CCN(C)CCNC(=NC)NCc1c(C)nn(C)c1C.I. The summed E-state index contributed by atoms with van der Waals surface area (Å²) in [6.07, 6.45) is 0. The molecule has 0 amide bonds. The summed E-state index contributed by atoms with van der Waals surface area (Å²) in [7, 11) is 5.88. The fourth-order valence-corrected chi connectivity index (χ4v) is 1.99. The van der Waals surface area contributed by atoms with Crippen LogP contribution in [0.15, 0.2) is 4.99 Å². The van der Waals surface area contributed by atoms with Crippen molar-refractivity contribution in [3.05, 3.63) is 17.0 Å². The van der Waals surface area contributed by atoms with Crippen LogP contribution in [0.4, 0.5) is 0 Å². The van der Waals surface area contributed by atoms with Gasteiger partial charge in [0.1, 0.15) is 0 Å². The molecule has 21 heavy (non-hydrogen) atoms. The summed E-state index contributed by atoms with van der Waals surface area (Å²) >= 11 is 0. The van der Waals surface area contributed by atoms with Crippen molar-refractivity contribution in [1.29, 1.82) is 0 Å². The highest BCUT2D eigenvalue weighted by molar-refractivity contribution is 14.0. The van der Waals surface area contributed by atoms with Gasteiger partial charge in [0.2, 0.25) is 0 Å². The first-order valence-corrected chi connectivity index (χ1v) is 7.11. The molecule has 0 unspecified atom stereocenters. The van der Waals surface area contributed by atoms with Crippen LogP contribution in [0.2, 0.25) is 0 Å². The Balaban J connectivity index is 0.00000400. The van der Waals surface area contributed by atoms with Crippen LogP contribution in [0.25, 0.3) is 0 Å². The van der Waals surface area contributed by atoms with Gasteiger partial charge in [-0.25, -0.2) is 0 Å². The van der Waals surface area contributed by atoms with E-state index < -0.39 is 0 Å². The van der Waals surface area contributed by atoms with Gasteiger partial charge in [-0.15, -0.1) is 24.0 Å². The topological polar surface area (TPSA) is 57.5 Å². The Labute approximate surface area is 145 Å². The van der Waals surface area contributed by atoms with E-state index in [9.17, 15) is 0 Å². The third-order valence-corrected chi connectivity index (χ3v) is 3.64. The number of halogens is 1. The number of aliphatic imine (C=N–C) groups is 1. The zero-order valence-corrected chi connectivity index (χ0v) is 16.4. The van der Waals surface area contributed by atoms with Crippen LogP contribution >= 0.6 is 24.0 Å². The Morgan fingerprint density at radius 3 is 2.48 bits per heavy atom. The molecule has 0 saturated heterocycles. The molecule has 0 aromatic carbocycles. The van der Waals surface area contributed by atoms with Gasteiger partial charge in [-0.05, 0) is 27.4 Å². The van der Waals surface area contributed by atoms with Crippen molar-refractivity contribution in [1.82, 2.24) is 25.3 Å². The lowest BCUT2D eigenvalue weighted by Crippen LogP contribution is -2.40. The normalized spacial score (nSPS) is 11.5. The molecule has 0 radical (unpaired) electrons. The van der Waals surface area contributed by atoms with Gasteiger partial charge in [-0.3, -0.25) is 9.67 Å². The monoisotopic (exact) mass is 408 g/mol. The lowest BCUT2D eigenvalue weighted by molar-refractivity contribution is 0.357. The molecule has 122 valence electrons. The Morgan fingerprint density at radius 1 is 1.33 bits per heavy atom. The number of aromatic nitrogens is 2. The van der Waals surface area contributed by atoms with E-state index in [0.29, 0.717) is 0 Å². The summed E-state index contributed by atoms with van der Waals surface area (Å²) in [4.78, 5) is 6.50. The molecule has 0 spiro atoms. The Bertz CT molecular complexity index is 455. The second-order valence-corrected chi connectivity index (χ2v) is 5.02. The number of nitrogens with one attached hydrogen (secondary N) is 2. The number of aryl methyl sites for hydroxylation is 2. The lowest BCUT2D eigenvalue weighted by atomic mass is 10.2. The van der Waals surface area contributed by atoms with E-state index >= 15 is 0 Å². The Kier molecular flexibility index (Phi) is 9.60. The summed E-state index contributed by atoms with van der Waals surface area (Å²) in [6.45, 7) is 9.97. The van der Waals surface area contributed by atoms with E-state index in [1.165, 1.54) is 11.3 Å². The molecular weight excluding hydrogens is 379 g/mol. The van der Waals surface area contributed by atoms with Crippen LogP contribution in [-0.2, 0) is 13.6 Å². The van der Waals surface area contributed by atoms with Crippen LogP contribution in [0, 0.1) is 13.8 Å². The first kappa shape index (κ1) is 20.2. The maximum Gasteiger partial charge on any atom is 0.191 e. The molecule has 0 aliphatic carbocycles. The molecule has 1 aromatic heterocycles. The van der Waals surface area contributed by atoms with Crippen molar-refractivity contribution < 1.29 is 0 Å². The van der Waals surface area contributed by atoms with Gasteiger partial charge in [-0.1, -0.05) is 6.92 Å². The highest BCUT2D eigenvalue weighted by Crippen LogP contribution is 2.10. The minimum Gasteiger partial charge on any atom is -0.355 e. The standard InChI is InChI=1S/C14H28N6.HI/c1-7-19(5)9-8-16-14(15-4)17-10-13-11(2)18-20(6)12(13)3;/h7-10H2,1-6H3,(H2,15,16,17);1H. The average Bonchev–Trinajstić information content (AvgIpc) is 2.67. The summed E-state index contributed by atoms with van der Waals surface area (Å²) < 4.78 is 1.92. The Hall–Kier alpha value is -0.830. The fraction of sp³-hybridized carbons (Fsp3) is 0.714. The van der Waals surface area contributed by atoms with Crippen molar-refractivity contribution in [3.63, 3.8) is 0 Å². The summed E-state index contributed by atoms with van der Waals surface area (Å²) in [5, 5.41) is 11.1. The smallest absolute Gasteiger partial charge is 0.191 e. The van der Waals surface area contributed by atoms with Gasteiger partial charge in [0.15, 0.2) is 5.96 Å². The molecule has 0 fully saturated rings. The van der Waals surface area contributed by atoms with Crippen molar-refractivity contribution in [2.45, 2.75) is 27.3 Å². The van der Waals surface area contributed by atoms with Crippen molar-refractivity contribution in [3.8, 4) is 0 Å².